The van der Waals surface area contributed by atoms with E-state index in [4.69, 9.17) is 4.74 Å². The zero-order chi connectivity index (χ0) is 14.5. The molecule has 0 N–H and O–H groups in total. The number of ether oxygens (including phenoxy) is 1. The Morgan fingerprint density at radius 3 is 2.35 bits per heavy atom. The summed E-state index contributed by atoms with van der Waals surface area (Å²) in [5.41, 5.74) is 1.96. The Hall–Kier alpha value is -1.39. The molecular weight excluding hydrogens is 252 g/mol. The molecule has 0 amide bonds. The van der Waals surface area contributed by atoms with Crippen LogP contribution in [-0.4, -0.2) is 57.1 Å². The molecule has 1 saturated heterocycles. The highest BCUT2D eigenvalue weighted by molar-refractivity contribution is 6.00. The number of nitrogens with zero attached hydrogens (tertiary/aromatic N) is 2. The zero-order valence-corrected chi connectivity index (χ0v) is 12.6. The Morgan fingerprint density at radius 1 is 1.25 bits per heavy atom. The third-order valence-corrected chi connectivity index (χ3v) is 3.84. The van der Waals surface area contributed by atoms with E-state index in [-0.39, 0.29) is 11.8 Å². The summed E-state index contributed by atoms with van der Waals surface area (Å²) in [7, 11) is 3.91. The van der Waals surface area contributed by atoms with Crippen LogP contribution in [0.5, 0.6) is 0 Å². The van der Waals surface area contributed by atoms with Crippen LogP contribution >= 0.6 is 0 Å². The van der Waals surface area contributed by atoms with Crippen molar-refractivity contribution in [1.29, 1.82) is 0 Å². The molecular formula is C16H24N2O2. The summed E-state index contributed by atoms with van der Waals surface area (Å²) in [5, 5.41) is 0. The largest absolute Gasteiger partial charge is 0.378 e. The van der Waals surface area contributed by atoms with Crippen LogP contribution in [0.1, 0.15) is 23.7 Å². The highest BCUT2D eigenvalue weighted by atomic mass is 16.5. The highest BCUT2D eigenvalue weighted by Crippen LogP contribution is 2.18. The van der Waals surface area contributed by atoms with Gasteiger partial charge in [-0.25, -0.2) is 0 Å². The van der Waals surface area contributed by atoms with Crippen LogP contribution in [0.3, 0.4) is 0 Å². The average Bonchev–Trinajstić information content (AvgIpc) is 2.48. The molecule has 1 atom stereocenters. The highest BCUT2D eigenvalue weighted by Gasteiger charge is 2.20. The van der Waals surface area contributed by atoms with E-state index in [1.54, 1.807) is 0 Å². The van der Waals surface area contributed by atoms with Gasteiger partial charge in [-0.15, -0.1) is 0 Å². The summed E-state index contributed by atoms with van der Waals surface area (Å²) in [6.07, 6.45) is 0.830. The number of morpholine rings is 1. The Labute approximate surface area is 121 Å². The lowest BCUT2D eigenvalue weighted by atomic mass is 10.0. The number of rotatable bonds is 5. The third-order valence-electron chi connectivity index (χ3n) is 3.84. The average molecular weight is 276 g/mol. The minimum Gasteiger partial charge on any atom is -0.378 e. The maximum Gasteiger partial charge on any atom is 0.179 e. The SMILES string of the molecule is CC[C@@H](C(=O)c1ccc(N2CCOCC2)cc1)N(C)C. The molecule has 0 saturated carbocycles. The van der Waals surface area contributed by atoms with Crippen molar-refractivity contribution >= 4 is 11.5 Å². The molecule has 0 bridgehead atoms. The van der Waals surface area contributed by atoms with Crippen LogP contribution in [0.4, 0.5) is 5.69 Å². The second kappa shape index (κ2) is 6.86. The van der Waals surface area contributed by atoms with Crippen LogP contribution in [-0.2, 0) is 4.74 Å². The second-order valence-electron chi connectivity index (χ2n) is 5.40. The predicted molar refractivity (Wildman–Crippen MR) is 81.6 cm³/mol. The van der Waals surface area contributed by atoms with Crippen LogP contribution in [0, 0.1) is 0 Å². The van der Waals surface area contributed by atoms with Gasteiger partial charge < -0.3 is 9.64 Å². The Kier molecular flexibility index (Phi) is 5.15. The summed E-state index contributed by atoms with van der Waals surface area (Å²) >= 11 is 0. The smallest absolute Gasteiger partial charge is 0.179 e. The molecule has 0 radical (unpaired) electrons. The summed E-state index contributed by atoms with van der Waals surface area (Å²) in [4.78, 5) is 16.7. The minimum atomic E-state index is -0.0377. The number of hydrogen-bond acceptors (Lipinski definition) is 4. The van der Waals surface area contributed by atoms with Crippen molar-refractivity contribution in [2.24, 2.45) is 0 Å². The molecule has 4 heteroatoms. The van der Waals surface area contributed by atoms with Crippen molar-refractivity contribution in [3.8, 4) is 0 Å². The van der Waals surface area contributed by atoms with Crippen molar-refractivity contribution in [1.82, 2.24) is 4.90 Å². The first-order chi connectivity index (χ1) is 9.63. The van der Waals surface area contributed by atoms with Crippen LogP contribution < -0.4 is 4.90 Å². The van der Waals surface area contributed by atoms with Gasteiger partial charge in [0.05, 0.1) is 19.3 Å². The number of hydrogen-bond donors (Lipinski definition) is 0. The van der Waals surface area contributed by atoms with Gasteiger partial charge in [-0.05, 0) is 44.8 Å². The predicted octanol–water partition coefficient (Wildman–Crippen LogP) is 2.05. The van der Waals surface area contributed by atoms with Gasteiger partial charge in [-0.3, -0.25) is 9.69 Å². The summed E-state index contributed by atoms with van der Waals surface area (Å²) in [6, 6.07) is 7.93. The standard InChI is InChI=1S/C16H24N2O2/c1-4-15(17(2)3)16(19)13-5-7-14(8-6-13)18-9-11-20-12-10-18/h5-8,15H,4,9-12H2,1-3H3/t15-/m0/s1. The molecule has 1 aliphatic rings. The van der Waals surface area contributed by atoms with E-state index in [0.29, 0.717) is 0 Å². The molecule has 1 aromatic rings. The van der Waals surface area contributed by atoms with Gasteiger partial charge in [0.25, 0.3) is 0 Å². The van der Waals surface area contributed by atoms with E-state index < -0.39 is 0 Å². The third kappa shape index (κ3) is 3.38. The molecule has 0 aliphatic carbocycles. The van der Waals surface area contributed by atoms with Gasteiger partial charge in [0, 0.05) is 24.3 Å². The lowest BCUT2D eigenvalue weighted by Crippen LogP contribution is -2.36. The van der Waals surface area contributed by atoms with E-state index in [1.165, 1.54) is 5.69 Å². The first-order valence-corrected chi connectivity index (χ1v) is 7.27. The summed E-state index contributed by atoms with van der Waals surface area (Å²) in [6.45, 7) is 5.44. The maximum atomic E-state index is 12.4. The molecule has 110 valence electrons. The molecule has 20 heavy (non-hydrogen) atoms. The number of ketones is 1. The fourth-order valence-electron chi connectivity index (χ4n) is 2.64. The second-order valence-corrected chi connectivity index (χ2v) is 5.40. The number of likely N-dealkylation sites (N-methyl/N-ethyl adjacent to an activating group) is 1. The Morgan fingerprint density at radius 2 is 1.85 bits per heavy atom. The number of carbonyl (C=O) groups excluding carboxylic acids is 1. The molecule has 4 nitrogen and oxygen atoms in total. The topological polar surface area (TPSA) is 32.8 Å². The van der Waals surface area contributed by atoms with E-state index in [2.05, 4.69) is 4.90 Å². The Balaban J connectivity index is 2.09. The molecule has 1 aliphatic heterocycles. The van der Waals surface area contributed by atoms with Crippen molar-refractivity contribution < 1.29 is 9.53 Å². The van der Waals surface area contributed by atoms with Crippen molar-refractivity contribution in [3.63, 3.8) is 0 Å². The number of carbonyl (C=O) groups is 1. The molecule has 0 spiro atoms. The zero-order valence-electron chi connectivity index (χ0n) is 12.6. The van der Waals surface area contributed by atoms with Gasteiger partial charge in [-0.2, -0.15) is 0 Å². The van der Waals surface area contributed by atoms with E-state index in [0.717, 1.165) is 38.3 Å². The fraction of sp³-hybridized carbons (Fsp3) is 0.562. The van der Waals surface area contributed by atoms with Crippen molar-refractivity contribution in [3.05, 3.63) is 29.8 Å². The van der Waals surface area contributed by atoms with Gasteiger partial charge in [0.15, 0.2) is 5.78 Å². The number of benzene rings is 1. The summed E-state index contributed by atoms with van der Waals surface area (Å²) < 4.78 is 5.35. The van der Waals surface area contributed by atoms with Crippen molar-refractivity contribution in [2.45, 2.75) is 19.4 Å². The van der Waals surface area contributed by atoms with E-state index >= 15 is 0 Å². The lowest BCUT2D eigenvalue weighted by Gasteiger charge is -2.29. The van der Waals surface area contributed by atoms with Gasteiger partial charge in [0.1, 0.15) is 0 Å². The van der Waals surface area contributed by atoms with E-state index in [9.17, 15) is 4.79 Å². The molecule has 0 aromatic heterocycles. The van der Waals surface area contributed by atoms with Gasteiger partial charge in [0.2, 0.25) is 0 Å². The molecule has 1 aromatic carbocycles. The monoisotopic (exact) mass is 276 g/mol. The summed E-state index contributed by atoms with van der Waals surface area (Å²) in [5.74, 6) is 0.200. The van der Waals surface area contributed by atoms with Crippen LogP contribution in [0.2, 0.25) is 0 Å². The minimum absolute atomic E-state index is 0.0377. The van der Waals surface area contributed by atoms with Gasteiger partial charge in [-0.1, -0.05) is 6.92 Å². The quantitative estimate of drug-likeness (QED) is 0.771. The van der Waals surface area contributed by atoms with Crippen LogP contribution in [0.15, 0.2) is 24.3 Å². The van der Waals surface area contributed by atoms with Crippen LogP contribution in [0.25, 0.3) is 0 Å². The number of Topliss-reactive ketones (excluding diaryl/α,β-unsaturated/α-hetero) is 1. The molecule has 0 unspecified atom stereocenters. The molecule has 1 fully saturated rings. The first kappa shape index (κ1) is 15.0. The molecule has 2 rings (SSSR count). The molecule has 1 heterocycles. The number of anilines is 1. The Bertz CT molecular complexity index is 436. The lowest BCUT2D eigenvalue weighted by molar-refractivity contribution is 0.0871. The van der Waals surface area contributed by atoms with Crippen molar-refractivity contribution in [2.75, 3.05) is 45.3 Å². The maximum absolute atomic E-state index is 12.4. The van der Waals surface area contributed by atoms with E-state index in [1.807, 2.05) is 50.2 Å². The first-order valence-electron chi connectivity index (χ1n) is 7.27. The van der Waals surface area contributed by atoms with Gasteiger partial charge >= 0.3 is 0 Å². The normalized spacial score (nSPS) is 17.3. The fourth-order valence-corrected chi connectivity index (χ4v) is 2.64.